The van der Waals surface area contributed by atoms with E-state index in [1.54, 1.807) is 20.8 Å². The molecule has 0 aromatic carbocycles. The monoisotopic (exact) mass is 375 g/mol. The minimum absolute atomic E-state index is 0.236. The number of esters is 2. The predicted molar refractivity (Wildman–Crippen MR) is 90.9 cm³/mol. The second kappa shape index (κ2) is 8.07. The quantitative estimate of drug-likeness (QED) is 0.551. The maximum atomic E-state index is 12.7. The lowest BCUT2D eigenvalue weighted by molar-refractivity contribution is -0.238. The Morgan fingerprint density at radius 3 is 2.20 bits per heavy atom. The SMILES string of the molecule is CSCC[C@H](NC(=O)OC(C)(C)C)C(=O)C1C(=O)OC(C)(C)OC1=O. The van der Waals surface area contributed by atoms with Gasteiger partial charge in [0.05, 0.1) is 6.04 Å². The third kappa shape index (κ3) is 6.56. The van der Waals surface area contributed by atoms with Gasteiger partial charge in [0.2, 0.25) is 5.92 Å². The van der Waals surface area contributed by atoms with Crippen LogP contribution in [-0.4, -0.2) is 53.3 Å². The molecule has 0 radical (unpaired) electrons. The van der Waals surface area contributed by atoms with E-state index >= 15 is 0 Å². The maximum Gasteiger partial charge on any atom is 0.408 e. The van der Waals surface area contributed by atoms with Crippen molar-refractivity contribution in [1.29, 1.82) is 0 Å². The van der Waals surface area contributed by atoms with E-state index in [0.29, 0.717) is 5.75 Å². The molecular weight excluding hydrogens is 350 g/mol. The van der Waals surface area contributed by atoms with Crippen molar-refractivity contribution in [2.75, 3.05) is 12.0 Å². The van der Waals surface area contributed by atoms with E-state index in [1.165, 1.54) is 25.6 Å². The molecule has 0 bridgehead atoms. The Hall–Kier alpha value is -1.77. The molecule has 1 saturated heterocycles. The van der Waals surface area contributed by atoms with Crippen LogP contribution in [0, 0.1) is 5.92 Å². The van der Waals surface area contributed by atoms with Crippen molar-refractivity contribution < 1.29 is 33.4 Å². The Balaban J connectivity index is 2.91. The lowest BCUT2D eigenvalue weighted by Gasteiger charge is -2.33. The normalized spacial score (nSPS) is 18.8. The third-order valence-electron chi connectivity index (χ3n) is 3.09. The molecule has 1 amide bonds. The summed E-state index contributed by atoms with van der Waals surface area (Å²) in [6.07, 6.45) is 1.27. The fourth-order valence-corrected chi connectivity index (χ4v) is 2.60. The zero-order valence-corrected chi connectivity index (χ0v) is 16.2. The van der Waals surface area contributed by atoms with Crippen molar-refractivity contribution in [3.8, 4) is 0 Å². The van der Waals surface area contributed by atoms with Gasteiger partial charge in [-0.3, -0.25) is 14.4 Å². The van der Waals surface area contributed by atoms with Gasteiger partial charge in [-0.15, -0.1) is 0 Å². The minimum atomic E-state index is -1.71. The molecule has 9 heteroatoms. The van der Waals surface area contributed by atoms with Crippen molar-refractivity contribution in [3.63, 3.8) is 0 Å². The van der Waals surface area contributed by atoms with Crippen LogP contribution in [0.4, 0.5) is 4.79 Å². The molecule has 0 aromatic rings. The fourth-order valence-electron chi connectivity index (χ4n) is 2.12. The Morgan fingerprint density at radius 1 is 1.24 bits per heavy atom. The van der Waals surface area contributed by atoms with Crippen LogP contribution < -0.4 is 5.32 Å². The van der Waals surface area contributed by atoms with Gasteiger partial charge in [-0.2, -0.15) is 11.8 Å². The third-order valence-corrected chi connectivity index (χ3v) is 3.74. The number of hydrogen-bond acceptors (Lipinski definition) is 8. The number of Topliss-reactive ketones (excluding diaryl/α,β-unsaturated/α-hetero) is 1. The highest BCUT2D eigenvalue weighted by atomic mass is 32.2. The Labute approximate surface area is 151 Å². The van der Waals surface area contributed by atoms with Crippen molar-refractivity contribution in [1.82, 2.24) is 5.32 Å². The number of carbonyl (C=O) groups excluding carboxylic acids is 4. The van der Waals surface area contributed by atoms with Crippen LogP contribution in [0.2, 0.25) is 0 Å². The smallest absolute Gasteiger partial charge is 0.408 e. The van der Waals surface area contributed by atoms with Gasteiger partial charge in [0.15, 0.2) is 5.78 Å². The van der Waals surface area contributed by atoms with Crippen LogP contribution in [0.25, 0.3) is 0 Å². The number of hydrogen-bond donors (Lipinski definition) is 1. The van der Waals surface area contributed by atoms with Gasteiger partial charge in [-0.25, -0.2) is 4.79 Å². The van der Waals surface area contributed by atoms with Crippen molar-refractivity contribution in [2.45, 2.75) is 58.5 Å². The van der Waals surface area contributed by atoms with E-state index in [9.17, 15) is 19.2 Å². The minimum Gasteiger partial charge on any atom is -0.444 e. The molecule has 25 heavy (non-hydrogen) atoms. The number of cyclic esters (lactones) is 2. The molecule has 1 fully saturated rings. The maximum absolute atomic E-state index is 12.7. The molecule has 0 aliphatic carbocycles. The van der Waals surface area contributed by atoms with Gasteiger partial charge in [-0.05, 0) is 39.2 Å². The van der Waals surface area contributed by atoms with Crippen LogP contribution in [0.5, 0.6) is 0 Å². The van der Waals surface area contributed by atoms with E-state index < -0.39 is 47.2 Å². The summed E-state index contributed by atoms with van der Waals surface area (Å²) in [7, 11) is 0. The zero-order valence-electron chi connectivity index (χ0n) is 15.3. The summed E-state index contributed by atoms with van der Waals surface area (Å²) < 4.78 is 15.1. The number of rotatable bonds is 6. The molecule has 1 rings (SSSR count). The number of alkyl carbamates (subject to hydrolysis) is 1. The predicted octanol–water partition coefficient (Wildman–Crippen LogP) is 1.65. The molecular formula is C16H25NO7S. The fraction of sp³-hybridized carbons (Fsp3) is 0.750. The Kier molecular flexibility index (Phi) is 6.87. The largest absolute Gasteiger partial charge is 0.444 e. The number of ether oxygens (including phenoxy) is 3. The lowest BCUT2D eigenvalue weighted by atomic mass is 9.95. The molecule has 0 saturated carbocycles. The first-order valence-corrected chi connectivity index (χ1v) is 9.23. The standard InChI is InChI=1S/C16H25NO7S/c1-15(2,3)24-14(21)17-9(7-8-25-6)11(18)10-12(19)22-16(4,5)23-13(10)20/h9-10H,7-8H2,1-6H3,(H,17,21)/t9-/m0/s1. The van der Waals surface area contributed by atoms with E-state index in [1.807, 2.05) is 6.26 Å². The van der Waals surface area contributed by atoms with E-state index in [-0.39, 0.29) is 6.42 Å². The van der Waals surface area contributed by atoms with E-state index in [2.05, 4.69) is 5.32 Å². The molecule has 142 valence electrons. The summed E-state index contributed by atoms with van der Waals surface area (Å²) in [5.41, 5.74) is -0.746. The summed E-state index contributed by atoms with van der Waals surface area (Å²) in [6.45, 7) is 7.84. The van der Waals surface area contributed by atoms with Gasteiger partial charge in [0, 0.05) is 13.8 Å². The molecule has 1 atom stereocenters. The van der Waals surface area contributed by atoms with Gasteiger partial charge in [0.25, 0.3) is 5.79 Å². The first-order valence-electron chi connectivity index (χ1n) is 7.84. The summed E-state index contributed by atoms with van der Waals surface area (Å²) >= 11 is 1.46. The Bertz CT molecular complexity index is 533. The molecule has 8 nitrogen and oxygen atoms in total. The van der Waals surface area contributed by atoms with Gasteiger partial charge >= 0.3 is 18.0 Å². The highest BCUT2D eigenvalue weighted by Gasteiger charge is 2.49. The second-order valence-corrected chi connectivity index (χ2v) is 8.04. The average molecular weight is 375 g/mol. The van der Waals surface area contributed by atoms with Gasteiger partial charge < -0.3 is 19.5 Å². The first-order chi connectivity index (χ1) is 11.4. The van der Waals surface area contributed by atoms with Crippen molar-refractivity contribution in [3.05, 3.63) is 0 Å². The van der Waals surface area contributed by atoms with Gasteiger partial charge in [-0.1, -0.05) is 0 Å². The first kappa shape index (κ1) is 21.3. The lowest BCUT2D eigenvalue weighted by Crippen LogP contribution is -2.54. The van der Waals surface area contributed by atoms with Gasteiger partial charge in [0.1, 0.15) is 5.60 Å². The second-order valence-electron chi connectivity index (χ2n) is 7.06. The highest BCUT2D eigenvalue weighted by molar-refractivity contribution is 7.98. The van der Waals surface area contributed by atoms with Crippen LogP contribution in [-0.2, 0) is 28.6 Å². The molecule has 1 heterocycles. The summed E-state index contributed by atoms with van der Waals surface area (Å²) in [6, 6.07) is -1.06. The number of ketones is 1. The van der Waals surface area contributed by atoms with Crippen LogP contribution >= 0.6 is 11.8 Å². The van der Waals surface area contributed by atoms with E-state index in [0.717, 1.165) is 0 Å². The summed E-state index contributed by atoms with van der Waals surface area (Å²) in [5, 5.41) is 2.43. The molecule has 1 aliphatic heterocycles. The highest BCUT2D eigenvalue weighted by Crippen LogP contribution is 2.25. The number of thioether (sulfide) groups is 1. The van der Waals surface area contributed by atoms with Crippen molar-refractivity contribution in [2.24, 2.45) is 5.92 Å². The van der Waals surface area contributed by atoms with E-state index in [4.69, 9.17) is 14.2 Å². The summed E-state index contributed by atoms with van der Waals surface area (Å²) in [5.74, 6) is -5.33. The molecule has 1 N–H and O–H groups in total. The molecule has 0 spiro atoms. The van der Waals surface area contributed by atoms with Crippen LogP contribution in [0.1, 0.15) is 41.0 Å². The molecule has 1 aliphatic rings. The summed E-state index contributed by atoms with van der Waals surface area (Å²) in [4.78, 5) is 48.7. The van der Waals surface area contributed by atoms with Crippen LogP contribution in [0.3, 0.4) is 0 Å². The van der Waals surface area contributed by atoms with Crippen LogP contribution in [0.15, 0.2) is 0 Å². The Morgan fingerprint density at radius 2 is 1.76 bits per heavy atom. The molecule has 0 unspecified atom stereocenters. The number of carbonyl (C=O) groups is 4. The zero-order chi connectivity index (χ0) is 19.4. The van der Waals surface area contributed by atoms with Crippen molar-refractivity contribution >= 4 is 35.6 Å². The molecule has 0 aromatic heterocycles. The number of amides is 1. The topological polar surface area (TPSA) is 108 Å². The number of nitrogens with one attached hydrogen (secondary N) is 1. The average Bonchev–Trinajstić information content (AvgIpc) is 2.38.